The highest BCUT2D eigenvalue weighted by Gasteiger charge is 2.22. The molecule has 24 N–H and O–H groups in total. The molecule has 0 spiro atoms. The van der Waals surface area contributed by atoms with Gasteiger partial charge in [0.05, 0.1) is 0 Å². The van der Waals surface area contributed by atoms with Crippen molar-refractivity contribution in [3.05, 3.63) is 279 Å². The molecule has 0 aromatic heterocycles. The van der Waals surface area contributed by atoms with Crippen molar-refractivity contribution in [2.24, 2.45) is 0 Å². The van der Waals surface area contributed by atoms with E-state index in [1.54, 1.807) is 116 Å². The van der Waals surface area contributed by atoms with Gasteiger partial charge in [-0.3, -0.25) is 0 Å². The fourth-order valence-electron chi connectivity index (χ4n) is 12.3. The summed E-state index contributed by atoms with van der Waals surface area (Å²) in [7, 11) is 0. The fraction of sp³-hybridized carbons (Fsp3) is 0.200. The van der Waals surface area contributed by atoms with Gasteiger partial charge in [0.2, 0.25) is 34.5 Å². The summed E-state index contributed by atoms with van der Waals surface area (Å²) < 4.78 is 26.7. The molecule has 12 aromatic rings. The quantitative estimate of drug-likeness (QED) is 0.0505. The van der Waals surface area contributed by atoms with Crippen LogP contribution in [0.4, 0.5) is 8.78 Å². The molecule has 0 heterocycles. The van der Waals surface area contributed by atoms with Gasteiger partial charge in [-0.15, -0.1) is 0 Å². The highest BCUT2D eigenvalue weighted by atomic mass is 19.1. The van der Waals surface area contributed by atoms with Gasteiger partial charge in [0.1, 0.15) is 23.0 Å². The van der Waals surface area contributed by atoms with E-state index in [1.165, 1.54) is 54.6 Å². The maximum Gasteiger partial charge on any atom is 0.200 e. The lowest BCUT2D eigenvalue weighted by Crippen LogP contribution is -1.95. The summed E-state index contributed by atoms with van der Waals surface area (Å²) in [6.07, 6.45) is 1.98. The molecule has 12 aromatic carbocycles. The third kappa shape index (κ3) is 21.3. The lowest BCUT2D eigenvalue weighted by atomic mass is 9.96. The van der Waals surface area contributed by atoms with Gasteiger partial charge in [-0.2, -0.15) is 0 Å². The number of phenols is 24. The Morgan fingerprint density at radius 3 is 0.629 bits per heavy atom. The van der Waals surface area contributed by atoms with E-state index in [9.17, 15) is 131 Å². The van der Waals surface area contributed by atoms with Crippen LogP contribution in [0.15, 0.2) is 133 Å². The number of rotatable bonds is 12. The van der Waals surface area contributed by atoms with E-state index in [1.807, 2.05) is 45.9 Å². The smallest absolute Gasteiger partial charge is 0.200 e. The third-order valence-electron chi connectivity index (χ3n) is 19.6. The zero-order valence-electron chi connectivity index (χ0n) is 65.4. The molecule has 12 rings (SSSR count). The Bertz CT molecular complexity index is 5280. The average molecular weight is 1600 g/mol. The van der Waals surface area contributed by atoms with Crippen molar-refractivity contribution in [1.82, 2.24) is 0 Å². The van der Waals surface area contributed by atoms with Crippen LogP contribution < -0.4 is 0 Å². The van der Waals surface area contributed by atoms with Crippen LogP contribution in [0, 0.1) is 94.7 Å². The molecule has 0 atom stereocenters. The van der Waals surface area contributed by atoms with Crippen molar-refractivity contribution in [2.45, 2.75) is 122 Å². The average Bonchev–Trinajstić information content (AvgIpc) is 0.820. The standard InChI is InChI=1S/2C16H18O4.C15H15FO4.C15H16O4.C14H13FO4.C14H14O4/c2*1-8-6-13(17)9(2)4-11(8)7-12-5-10(3)14(18)16(20)15(12)19;1-7-4-12(17)11(16)6-9(7)5-10-3-8(2)13(18)15(20)14(10)19;1-8-6-13(17)9(2)5-11(8)7-10-3-4-12(16)15(19)14(10)18;1-7-4-12(17)10(15)6-9(7)5-8-2-3-11(16)14(19)13(8)18;1-8-6-11(15)4-2-9(8)7-10-3-5-12(16)14(18)13(10)17/h2*4-6,17-20H,7H2,1-3H3;3-4,6,17-20H,5H2,1-2H3;3-6,16-19H,7H2,1-2H3;2-4,6,16-19H,5H2,1H3;2-6,15-18H,7H2,1H3. The molecule has 0 aliphatic carbocycles. The molecule has 612 valence electrons. The van der Waals surface area contributed by atoms with E-state index >= 15 is 0 Å². The summed E-state index contributed by atoms with van der Waals surface area (Å²) in [5.74, 6) is -8.86. The largest absolute Gasteiger partial charge is 0.508 e. The molecule has 0 amide bonds. The summed E-state index contributed by atoms with van der Waals surface area (Å²) in [5, 5.41) is 229. The topological polar surface area (TPSA) is 486 Å². The van der Waals surface area contributed by atoms with Crippen LogP contribution in [0.1, 0.15) is 134 Å². The lowest BCUT2D eigenvalue weighted by Gasteiger charge is -2.13. The van der Waals surface area contributed by atoms with Crippen LogP contribution in [0.5, 0.6) is 138 Å². The summed E-state index contributed by atoms with van der Waals surface area (Å²) in [4.78, 5) is 0. The van der Waals surface area contributed by atoms with E-state index in [-0.39, 0.29) is 87.6 Å². The van der Waals surface area contributed by atoms with E-state index in [0.29, 0.717) is 98.0 Å². The van der Waals surface area contributed by atoms with Gasteiger partial charge in [-0.25, -0.2) is 8.78 Å². The van der Waals surface area contributed by atoms with Crippen LogP contribution in [0.3, 0.4) is 0 Å². The predicted octanol–water partition coefficient (Wildman–Crippen LogP) is 16.6. The van der Waals surface area contributed by atoms with Crippen molar-refractivity contribution in [2.75, 3.05) is 0 Å². The number of phenolic OH excluding ortho intramolecular Hbond substituents is 24. The van der Waals surface area contributed by atoms with Crippen molar-refractivity contribution in [1.29, 1.82) is 0 Å². The Morgan fingerprint density at radius 2 is 0.362 bits per heavy atom. The Hall–Kier alpha value is -14.3. The second-order valence-electron chi connectivity index (χ2n) is 28.3. The van der Waals surface area contributed by atoms with E-state index in [0.717, 1.165) is 61.2 Å². The van der Waals surface area contributed by atoms with Gasteiger partial charge in [0, 0.05) is 71.9 Å². The molecule has 0 unspecified atom stereocenters. The minimum Gasteiger partial charge on any atom is -0.508 e. The van der Waals surface area contributed by atoms with Gasteiger partial charge in [-0.1, -0.05) is 42.5 Å². The molecule has 0 aliphatic heterocycles. The first-order valence-corrected chi connectivity index (χ1v) is 35.7. The maximum atomic E-state index is 13.4. The number of hydrogen-bond donors (Lipinski definition) is 24. The SMILES string of the molecule is Cc1cc(Cc2cc(C)c(O)c(O)c2O)c(C)cc1O.Cc1cc(Cc2cc(C)c(O)c(O)c2O)c(C)cc1O.Cc1cc(Cc2ccc(O)c(O)c2O)c(C)cc1O.Cc1cc(O)c(F)cc1Cc1cc(C)c(O)c(O)c1O.Cc1cc(O)c(F)cc1Cc1ccc(O)c(O)c1O.Cc1cc(O)ccc1Cc1ccc(O)c(O)c1O. The van der Waals surface area contributed by atoms with E-state index in [4.69, 9.17) is 0 Å². The molecule has 0 aliphatic rings. The number of aryl methyl sites for hydroxylation is 12. The maximum absolute atomic E-state index is 13.4. The Labute approximate surface area is 666 Å². The molecule has 0 fully saturated rings. The summed E-state index contributed by atoms with van der Waals surface area (Å²) >= 11 is 0. The second-order valence-corrected chi connectivity index (χ2v) is 28.3. The summed E-state index contributed by atoms with van der Waals surface area (Å²) in [6, 6.07) is 33.8. The minimum atomic E-state index is -0.747. The first-order chi connectivity index (χ1) is 54.2. The fourth-order valence-corrected chi connectivity index (χ4v) is 12.3. The van der Waals surface area contributed by atoms with Crippen molar-refractivity contribution in [3.63, 3.8) is 0 Å². The zero-order chi connectivity index (χ0) is 86.7. The Kier molecular flexibility index (Phi) is 28.6. The van der Waals surface area contributed by atoms with Gasteiger partial charge >= 0.3 is 0 Å². The highest BCUT2D eigenvalue weighted by molar-refractivity contribution is 5.63. The molecule has 0 saturated heterocycles. The summed E-state index contributed by atoms with van der Waals surface area (Å²) in [5.41, 5.74) is 16.3. The highest BCUT2D eigenvalue weighted by Crippen LogP contribution is 2.46. The minimum absolute atomic E-state index is 0.169. The molecule has 0 radical (unpaired) electrons. The van der Waals surface area contributed by atoms with Crippen LogP contribution in [-0.4, -0.2) is 123 Å². The molecule has 26 heteroatoms. The van der Waals surface area contributed by atoms with E-state index < -0.39 is 74.9 Å². The third-order valence-corrected chi connectivity index (χ3v) is 19.6. The molecule has 116 heavy (non-hydrogen) atoms. The van der Waals surface area contributed by atoms with Crippen LogP contribution in [0.25, 0.3) is 0 Å². The monoisotopic (exact) mass is 1600 g/mol. The molecule has 0 bridgehead atoms. The lowest BCUT2D eigenvalue weighted by molar-refractivity contribution is 0.363. The Balaban J connectivity index is 0.000000193. The molecule has 0 saturated carbocycles. The van der Waals surface area contributed by atoms with Crippen molar-refractivity contribution in [3.8, 4) is 138 Å². The molecular weight excluding hydrogens is 1500 g/mol. The van der Waals surface area contributed by atoms with Gasteiger partial charge in [-0.05, 0) is 274 Å². The van der Waals surface area contributed by atoms with Gasteiger partial charge < -0.3 is 123 Å². The zero-order valence-corrected chi connectivity index (χ0v) is 65.4. The molecular formula is C90H94F2O24. The second kappa shape index (κ2) is 37.4. The van der Waals surface area contributed by atoms with Crippen LogP contribution in [0.2, 0.25) is 0 Å². The first kappa shape index (κ1) is 88.9. The Morgan fingerprint density at radius 1 is 0.155 bits per heavy atom. The van der Waals surface area contributed by atoms with Gasteiger partial charge in [0.25, 0.3) is 0 Å². The number of benzene rings is 12. The number of aromatic hydroxyl groups is 24. The number of halogens is 2. The van der Waals surface area contributed by atoms with Crippen LogP contribution >= 0.6 is 0 Å². The van der Waals surface area contributed by atoms with Gasteiger partial charge in [0.15, 0.2) is 92.1 Å². The molecule has 24 nitrogen and oxygen atoms in total. The predicted molar refractivity (Wildman–Crippen MR) is 431 cm³/mol. The van der Waals surface area contributed by atoms with E-state index in [2.05, 4.69) is 0 Å². The van der Waals surface area contributed by atoms with Crippen molar-refractivity contribution < 1.29 is 131 Å². The first-order valence-electron chi connectivity index (χ1n) is 35.7. The van der Waals surface area contributed by atoms with Crippen molar-refractivity contribution >= 4 is 0 Å². The normalized spacial score (nSPS) is 10.7. The van der Waals surface area contributed by atoms with Crippen LogP contribution in [-0.2, 0) is 38.5 Å². The number of hydrogen-bond acceptors (Lipinski definition) is 24. The summed E-state index contributed by atoms with van der Waals surface area (Å²) in [6.45, 7) is 21.2.